The van der Waals surface area contributed by atoms with Crippen LogP contribution in [-0.4, -0.2) is 74.5 Å². The van der Waals surface area contributed by atoms with Gasteiger partial charge in [-0.3, -0.25) is 4.90 Å². The monoisotopic (exact) mass is 449 g/mol. The van der Waals surface area contributed by atoms with Gasteiger partial charge in [0.25, 0.3) is 0 Å². The SMILES string of the molecule is COc1ccc(CNCc2cc(F)cc(F)c2)cc1OCC(O)CN1CCCN(C)CC1. The summed E-state index contributed by atoms with van der Waals surface area (Å²) in [6, 6.07) is 9.03. The number of aliphatic hydroxyl groups is 1. The van der Waals surface area contributed by atoms with E-state index in [1.165, 1.54) is 12.1 Å². The molecule has 2 aromatic rings. The summed E-state index contributed by atoms with van der Waals surface area (Å²) in [5.74, 6) is -0.0387. The maximum atomic E-state index is 13.3. The van der Waals surface area contributed by atoms with Gasteiger partial charge in [0.15, 0.2) is 11.5 Å². The lowest BCUT2D eigenvalue weighted by molar-refractivity contribution is 0.0685. The zero-order valence-electron chi connectivity index (χ0n) is 18.8. The van der Waals surface area contributed by atoms with Crippen molar-refractivity contribution < 1.29 is 23.4 Å². The van der Waals surface area contributed by atoms with Crippen LogP contribution in [-0.2, 0) is 13.1 Å². The van der Waals surface area contributed by atoms with E-state index in [-0.39, 0.29) is 6.61 Å². The van der Waals surface area contributed by atoms with Crippen LogP contribution in [0.5, 0.6) is 11.5 Å². The summed E-state index contributed by atoms with van der Waals surface area (Å²) in [5.41, 5.74) is 1.47. The maximum Gasteiger partial charge on any atom is 0.161 e. The number of nitrogens with zero attached hydrogens (tertiary/aromatic N) is 2. The molecule has 0 bridgehead atoms. The van der Waals surface area contributed by atoms with Crippen molar-refractivity contribution in [3.05, 3.63) is 59.2 Å². The summed E-state index contributed by atoms with van der Waals surface area (Å²) in [7, 11) is 3.69. The van der Waals surface area contributed by atoms with E-state index >= 15 is 0 Å². The van der Waals surface area contributed by atoms with E-state index in [1.807, 2.05) is 18.2 Å². The van der Waals surface area contributed by atoms with Crippen molar-refractivity contribution in [3.8, 4) is 11.5 Å². The van der Waals surface area contributed by atoms with Crippen molar-refractivity contribution in [3.63, 3.8) is 0 Å². The maximum absolute atomic E-state index is 13.3. The van der Waals surface area contributed by atoms with Crippen LogP contribution in [0.3, 0.4) is 0 Å². The molecule has 1 saturated heterocycles. The molecule has 0 spiro atoms. The smallest absolute Gasteiger partial charge is 0.161 e. The Labute approximate surface area is 188 Å². The summed E-state index contributed by atoms with van der Waals surface area (Å²) < 4.78 is 37.9. The third kappa shape index (κ3) is 7.70. The second-order valence-corrected chi connectivity index (χ2v) is 8.29. The first-order valence-electron chi connectivity index (χ1n) is 11.0. The van der Waals surface area contributed by atoms with Crippen LogP contribution in [0, 0.1) is 11.6 Å². The summed E-state index contributed by atoms with van der Waals surface area (Å²) >= 11 is 0. The minimum absolute atomic E-state index is 0.169. The second kappa shape index (κ2) is 12.1. The van der Waals surface area contributed by atoms with E-state index in [4.69, 9.17) is 9.47 Å². The molecule has 32 heavy (non-hydrogen) atoms. The normalized spacial score (nSPS) is 16.5. The molecule has 1 unspecified atom stereocenters. The van der Waals surface area contributed by atoms with E-state index in [0.29, 0.717) is 36.7 Å². The average Bonchev–Trinajstić information content (AvgIpc) is 2.95. The summed E-state index contributed by atoms with van der Waals surface area (Å²) in [5, 5.41) is 13.6. The Morgan fingerprint density at radius 2 is 1.72 bits per heavy atom. The van der Waals surface area contributed by atoms with Crippen molar-refractivity contribution in [2.24, 2.45) is 0 Å². The van der Waals surface area contributed by atoms with Crippen LogP contribution in [0.1, 0.15) is 17.5 Å². The van der Waals surface area contributed by atoms with Crippen LogP contribution in [0.4, 0.5) is 8.78 Å². The zero-order chi connectivity index (χ0) is 22.9. The molecule has 6 nitrogen and oxygen atoms in total. The molecule has 1 fully saturated rings. The lowest BCUT2D eigenvalue weighted by atomic mass is 10.1. The fourth-order valence-electron chi connectivity index (χ4n) is 3.83. The quantitative estimate of drug-likeness (QED) is 0.582. The number of benzene rings is 2. The van der Waals surface area contributed by atoms with E-state index in [0.717, 1.165) is 44.2 Å². The second-order valence-electron chi connectivity index (χ2n) is 8.29. The molecule has 1 aliphatic heterocycles. The van der Waals surface area contributed by atoms with E-state index in [1.54, 1.807) is 7.11 Å². The van der Waals surface area contributed by atoms with Crippen molar-refractivity contribution >= 4 is 0 Å². The molecule has 2 N–H and O–H groups in total. The van der Waals surface area contributed by atoms with Crippen molar-refractivity contribution in [2.75, 3.05) is 53.5 Å². The van der Waals surface area contributed by atoms with Crippen LogP contribution in [0.25, 0.3) is 0 Å². The first kappa shape index (κ1) is 24.4. The Balaban J connectivity index is 1.51. The highest BCUT2D eigenvalue weighted by molar-refractivity contribution is 5.43. The molecule has 0 amide bonds. The molecule has 1 heterocycles. The van der Waals surface area contributed by atoms with Crippen LogP contribution in [0.15, 0.2) is 36.4 Å². The van der Waals surface area contributed by atoms with Crippen molar-refractivity contribution in [2.45, 2.75) is 25.6 Å². The molecule has 176 valence electrons. The number of hydrogen-bond donors (Lipinski definition) is 2. The Morgan fingerprint density at radius 3 is 2.47 bits per heavy atom. The molecule has 0 aromatic heterocycles. The molecule has 1 aliphatic rings. The molecule has 0 aliphatic carbocycles. The Hall–Kier alpha value is -2.26. The van der Waals surface area contributed by atoms with Gasteiger partial charge < -0.3 is 24.8 Å². The topological polar surface area (TPSA) is 57.2 Å². The third-order valence-corrected chi connectivity index (χ3v) is 5.52. The number of rotatable bonds is 10. The highest BCUT2D eigenvalue weighted by atomic mass is 19.1. The number of ether oxygens (including phenoxy) is 2. The van der Waals surface area contributed by atoms with E-state index < -0.39 is 17.7 Å². The minimum Gasteiger partial charge on any atom is -0.493 e. The Kier molecular flexibility index (Phi) is 9.23. The minimum atomic E-state index is -0.604. The lowest BCUT2D eigenvalue weighted by Crippen LogP contribution is -2.37. The van der Waals surface area contributed by atoms with Gasteiger partial charge >= 0.3 is 0 Å². The van der Waals surface area contributed by atoms with Gasteiger partial charge in [0.1, 0.15) is 24.3 Å². The standard InChI is InChI=1S/C24H33F2N3O3/c1-28-6-3-7-29(9-8-28)16-22(30)17-32-24-12-18(4-5-23(24)31-2)14-27-15-19-10-20(25)13-21(26)11-19/h4-5,10-13,22,27,30H,3,6-9,14-17H2,1-2H3. The largest absolute Gasteiger partial charge is 0.493 e. The van der Waals surface area contributed by atoms with Crippen molar-refractivity contribution in [1.29, 1.82) is 0 Å². The highest BCUT2D eigenvalue weighted by Gasteiger charge is 2.17. The van der Waals surface area contributed by atoms with Gasteiger partial charge in [0, 0.05) is 38.8 Å². The van der Waals surface area contributed by atoms with Crippen LogP contribution < -0.4 is 14.8 Å². The van der Waals surface area contributed by atoms with E-state index in [9.17, 15) is 13.9 Å². The van der Waals surface area contributed by atoms with Gasteiger partial charge in [0.05, 0.1) is 7.11 Å². The third-order valence-electron chi connectivity index (χ3n) is 5.52. The molecule has 3 rings (SSSR count). The Morgan fingerprint density at radius 1 is 0.969 bits per heavy atom. The fourth-order valence-corrected chi connectivity index (χ4v) is 3.83. The zero-order valence-corrected chi connectivity index (χ0v) is 18.8. The van der Waals surface area contributed by atoms with Gasteiger partial charge in [0.2, 0.25) is 0 Å². The lowest BCUT2D eigenvalue weighted by Gasteiger charge is -2.23. The number of aliphatic hydroxyl groups excluding tert-OH is 1. The molecule has 0 saturated carbocycles. The molecular weight excluding hydrogens is 416 g/mol. The van der Waals surface area contributed by atoms with Gasteiger partial charge in [-0.2, -0.15) is 0 Å². The summed E-state index contributed by atoms with van der Waals surface area (Å²) in [6.45, 7) is 5.55. The van der Waals surface area contributed by atoms with Gasteiger partial charge in [-0.25, -0.2) is 8.78 Å². The number of methoxy groups -OCH3 is 1. The first-order valence-corrected chi connectivity index (χ1v) is 11.0. The number of hydrogen-bond acceptors (Lipinski definition) is 6. The number of halogens is 2. The van der Waals surface area contributed by atoms with Gasteiger partial charge in [-0.1, -0.05) is 6.07 Å². The number of β-amino-alcohol motifs (C(OH)–C–C–N with tert-alkyl or cyclic N) is 1. The Bertz CT molecular complexity index is 848. The predicted octanol–water partition coefficient (Wildman–Crippen LogP) is 2.64. The highest BCUT2D eigenvalue weighted by Crippen LogP contribution is 2.28. The van der Waals surface area contributed by atoms with Crippen molar-refractivity contribution in [1.82, 2.24) is 15.1 Å². The predicted molar refractivity (Wildman–Crippen MR) is 120 cm³/mol. The molecule has 0 radical (unpaired) electrons. The van der Waals surface area contributed by atoms with Gasteiger partial charge in [-0.15, -0.1) is 0 Å². The van der Waals surface area contributed by atoms with Crippen LogP contribution in [0.2, 0.25) is 0 Å². The van der Waals surface area contributed by atoms with Gasteiger partial charge in [-0.05, 0) is 62.0 Å². The molecular formula is C24H33F2N3O3. The molecule has 8 heteroatoms. The molecule has 1 atom stereocenters. The van der Waals surface area contributed by atoms with Crippen LogP contribution >= 0.6 is 0 Å². The number of likely N-dealkylation sites (N-methyl/N-ethyl adjacent to an activating group) is 1. The van der Waals surface area contributed by atoms with E-state index in [2.05, 4.69) is 22.2 Å². The average molecular weight is 450 g/mol. The fraction of sp³-hybridized carbons (Fsp3) is 0.500. The molecule has 2 aromatic carbocycles. The first-order chi connectivity index (χ1) is 15.4. The summed E-state index contributed by atoms with van der Waals surface area (Å²) in [6.07, 6.45) is 0.489. The number of nitrogens with one attached hydrogen (secondary N) is 1. The summed E-state index contributed by atoms with van der Waals surface area (Å²) in [4.78, 5) is 4.57.